The van der Waals surface area contributed by atoms with Crippen molar-refractivity contribution in [3.63, 3.8) is 0 Å². The third-order valence-corrected chi connectivity index (χ3v) is 7.78. The van der Waals surface area contributed by atoms with Gasteiger partial charge in [0.2, 0.25) is 5.91 Å². The number of amides is 1. The molecule has 0 saturated carbocycles. The second-order valence-corrected chi connectivity index (χ2v) is 9.76. The predicted molar refractivity (Wildman–Crippen MR) is 133 cm³/mol. The lowest BCUT2D eigenvalue weighted by atomic mass is 9.80. The van der Waals surface area contributed by atoms with Crippen LogP contribution in [0.1, 0.15) is 34.3 Å². The number of hydrogen-bond acceptors (Lipinski definition) is 4. The number of aromatic nitrogens is 2. The van der Waals surface area contributed by atoms with Crippen molar-refractivity contribution >= 4 is 28.4 Å². The number of primary amides is 1. The zero-order chi connectivity index (χ0) is 25.2. The summed E-state index contributed by atoms with van der Waals surface area (Å²) in [5, 5.41) is 7.51. The molecule has 3 aromatic carbocycles. The fourth-order valence-electron chi connectivity index (χ4n) is 5.71. The molecule has 0 bridgehead atoms. The molecule has 4 aromatic rings. The predicted octanol–water partition coefficient (Wildman–Crippen LogP) is 4.85. The minimum Gasteiger partial charge on any atom is -0.480 e. The summed E-state index contributed by atoms with van der Waals surface area (Å²) < 4.78 is 39.4. The van der Waals surface area contributed by atoms with Gasteiger partial charge in [-0.05, 0) is 31.0 Å². The number of carbonyl (C=O) groups excluding carboxylic acids is 1. The number of hydrogen-bond donors (Lipinski definition) is 2. The highest BCUT2D eigenvalue weighted by Crippen LogP contribution is 2.52. The van der Waals surface area contributed by atoms with Gasteiger partial charge >= 0.3 is 0 Å². The third-order valence-electron chi connectivity index (χ3n) is 7.41. The number of aryl methyl sites for hydroxylation is 1. The Bertz CT molecular complexity index is 1530. The van der Waals surface area contributed by atoms with Crippen molar-refractivity contribution in [1.82, 2.24) is 15.1 Å². The van der Waals surface area contributed by atoms with Crippen molar-refractivity contribution < 1.29 is 18.3 Å². The van der Waals surface area contributed by atoms with Crippen molar-refractivity contribution in [1.29, 1.82) is 0 Å². The lowest BCUT2D eigenvalue weighted by Crippen LogP contribution is -2.48. The van der Waals surface area contributed by atoms with E-state index in [1.165, 1.54) is 23.0 Å². The summed E-state index contributed by atoms with van der Waals surface area (Å²) in [6.07, 6.45) is 3.50. The lowest BCUT2D eigenvalue weighted by molar-refractivity contribution is 0.0539. The van der Waals surface area contributed by atoms with Gasteiger partial charge in [0.05, 0.1) is 33.7 Å². The summed E-state index contributed by atoms with van der Waals surface area (Å²) in [4.78, 5) is 12.5. The highest BCUT2D eigenvalue weighted by molar-refractivity contribution is 6.34. The molecular weight excluding hydrogens is 486 g/mol. The number of fused-ring (bicyclic) bond motifs is 2. The van der Waals surface area contributed by atoms with Gasteiger partial charge in [0, 0.05) is 36.2 Å². The average Bonchev–Trinajstić information content (AvgIpc) is 3.61. The van der Waals surface area contributed by atoms with E-state index >= 15 is 8.78 Å². The molecule has 0 spiro atoms. The Hall–Kier alpha value is -3.49. The summed E-state index contributed by atoms with van der Waals surface area (Å²) >= 11 is 6.53. The molecule has 184 valence electrons. The van der Waals surface area contributed by atoms with E-state index in [9.17, 15) is 4.79 Å². The molecule has 0 radical (unpaired) electrons. The van der Waals surface area contributed by atoms with Crippen LogP contribution in [-0.4, -0.2) is 28.3 Å². The van der Waals surface area contributed by atoms with Gasteiger partial charge in [-0.25, -0.2) is 8.78 Å². The number of nitrogens with one attached hydrogen (secondary N) is 1. The minimum absolute atomic E-state index is 0.0525. The second-order valence-electron chi connectivity index (χ2n) is 9.39. The summed E-state index contributed by atoms with van der Waals surface area (Å²) in [7, 11) is 1.63. The maximum Gasteiger partial charge on any atom is 0.249 e. The van der Waals surface area contributed by atoms with Gasteiger partial charge in [-0.3, -0.25) is 9.48 Å². The van der Waals surface area contributed by atoms with Crippen LogP contribution < -0.4 is 15.8 Å². The van der Waals surface area contributed by atoms with Crippen LogP contribution in [0.15, 0.2) is 48.7 Å². The van der Waals surface area contributed by atoms with Crippen LogP contribution in [0.25, 0.3) is 22.0 Å². The fraction of sp³-hybridized carbons (Fsp3) is 0.259. The average molecular weight is 509 g/mol. The molecule has 6 nitrogen and oxygen atoms in total. The quantitative estimate of drug-likeness (QED) is 0.413. The molecule has 2 atom stereocenters. The third kappa shape index (κ3) is 3.24. The van der Waals surface area contributed by atoms with Crippen LogP contribution in [0.3, 0.4) is 0 Å². The maximum atomic E-state index is 16.1. The molecule has 6 rings (SSSR count). The zero-order valence-electron chi connectivity index (χ0n) is 19.4. The van der Waals surface area contributed by atoms with Gasteiger partial charge in [-0.15, -0.1) is 0 Å². The Morgan fingerprint density at radius 2 is 2.03 bits per heavy atom. The van der Waals surface area contributed by atoms with E-state index in [4.69, 9.17) is 22.1 Å². The summed E-state index contributed by atoms with van der Waals surface area (Å²) in [6, 6.07) is 12.4. The molecule has 2 aliphatic rings. The monoisotopic (exact) mass is 508 g/mol. The number of benzene rings is 3. The van der Waals surface area contributed by atoms with Crippen LogP contribution in [0, 0.1) is 11.6 Å². The molecule has 36 heavy (non-hydrogen) atoms. The molecule has 0 unspecified atom stereocenters. The Kier molecular flexibility index (Phi) is 5.28. The molecule has 2 aliphatic heterocycles. The Balaban J connectivity index is 1.63. The highest BCUT2D eigenvalue weighted by Gasteiger charge is 2.50. The smallest absolute Gasteiger partial charge is 0.249 e. The van der Waals surface area contributed by atoms with Gasteiger partial charge in [-0.2, -0.15) is 5.10 Å². The van der Waals surface area contributed by atoms with Crippen molar-refractivity contribution in [2.75, 3.05) is 6.54 Å². The van der Waals surface area contributed by atoms with Gasteiger partial charge in [0.1, 0.15) is 17.4 Å². The van der Waals surface area contributed by atoms with E-state index in [1.807, 2.05) is 30.3 Å². The summed E-state index contributed by atoms with van der Waals surface area (Å²) in [5.74, 6) is -2.09. The van der Waals surface area contributed by atoms with Crippen LogP contribution in [0.5, 0.6) is 5.75 Å². The second kappa shape index (κ2) is 8.28. The molecule has 3 heterocycles. The molecule has 1 fully saturated rings. The zero-order valence-corrected chi connectivity index (χ0v) is 20.2. The number of nitrogens with zero attached hydrogens (tertiary/aromatic N) is 2. The van der Waals surface area contributed by atoms with Crippen LogP contribution in [0.4, 0.5) is 8.78 Å². The molecule has 0 aliphatic carbocycles. The standard InChI is InChI=1S/C27H23ClF2N4O2/c1-34-19-10-15(26(31)35)23(25(30)17(19)13-33-34)22-16-12-27(21-8-5-9-32-21,14-6-3-2-4-7-14)36-20(16)11-18(29)24(22)28/h2-4,6-7,10-11,13,21,32H,5,8-9,12H2,1H3,(H2,31,35)/t21-,27-/m0/s1. The maximum absolute atomic E-state index is 16.1. The number of rotatable bonds is 4. The van der Waals surface area contributed by atoms with Crippen molar-refractivity contribution in [2.24, 2.45) is 12.8 Å². The van der Waals surface area contributed by atoms with Crippen molar-refractivity contribution in [3.8, 4) is 16.9 Å². The first-order valence-electron chi connectivity index (χ1n) is 11.7. The normalized spacial score (nSPS) is 21.1. The van der Waals surface area contributed by atoms with E-state index in [0.29, 0.717) is 17.5 Å². The molecule has 1 amide bonds. The van der Waals surface area contributed by atoms with Gasteiger partial charge in [-0.1, -0.05) is 41.9 Å². The first-order valence-corrected chi connectivity index (χ1v) is 12.1. The molecule has 3 N–H and O–H groups in total. The molecular formula is C27H23ClF2N4O2. The first kappa shape index (κ1) is 22.9. The number of nitrogens with two attached hydrogens (primary N) is 1. The van der Waals surface area contributed by atoms with Gasteiger partial charge in [0.15, 0.2) is 5.60 Å². The van der Waals surface area contributed by atoms with E-state index in [1.54, 1.807) is 7.05 Å². The van der Waals surface area contributed by atoms with E-state index < -0.39 is 23.1 Å². The topological polar surface area (TPSA) is 82.2 Å². The van der Waals surface area contributed by atoms with Crippen LogP contribution in [-0.2, 0) is 19.1 Å². The highest BCUT2D eigenvalue weighted by atomic mass is 35.5. The Morgan fingerprint density at radius 1 is 1.25 bits per heavy atom. The number of halogens is 3. The minimum atomic E-state index is -0.855. The van der Waals surface area contributed by atoms with E-state index in [0.717, 1.165) is 24.9 Å². The molecule has 9 heteroatoms. The largest absolute Gasteiger partial charge is 0.480 e. The molecule has 1 aromatic heterocycles. The van der Waals surface area contributed by atoms with Crippen molar-refractivity contribution in [3.05, 3.63) is 82.0 Å². The lowest BCUT2D eigenvalue weighted by Gasteiger charge is -2.35. The number of ether oxygens (including phenoxy) is 1. The summed E-state index contributed by atoms with van der Waals surface area (Å²) in [5.41, 5.74) is 6.52. The Labute approximate surface area is 211 Å². The SMILES string of the molecule is Cn1ncc2c(F)c(-c3c(Cl)c(F)cc4c3C[C@](c3ccccc3)([C@@H]3CCCN3)O4)c(C(N)=O)cc21. The van der Waals surface area contributed by atoms with Crippen LogP contribution >= 0.6 is 11.6 Å². The molecule has 1 saturated heterocycles. The van der Waals surface area contributed by atoms with Crippen molar-refractivity contribution in [2.45, 2.75) is 30.9 Å². The van der Waals surface area contributed by atoms with E-state index in [-0.39, 0.29) is 38.9 Å². The summed E-state index contributed by atoms with van der Waals surface area (Å²) in [6.45, 7) is 0.832. The van der Waals surface area contributed by atoms with Crippen LogP contribution in [0.2, 0.25) is 5.02 Å². The first-order chi connectivity index (χ1) is 17.3. The van der Waals surface area contributed by atoms with E-state index in [2.05, 4.69) is 10.4 Å². The fourth-order valence-corrected chi connectivity index (χ4v) is 5.97. The number of carbonyl (C=O) groups is 1. The van der Waals surface area contributed by atoms with Gasteiger partial charge in [0.25, 0.3) is 0 Å². The Morgan fingerprint density at radius 3 is 2.72 bits per heavy atom. The van der Waals surface area contributed by atoms with Gasteiger partial charge < -0.3 is 15.8 Å².